The molecule has 0 fully saturated rings. The van der Waals surface area contributed by atoms with Crippen molar-refractivity contribution in [2.24, 2.45) is 0 Å². The Morgan fingerprint density at radius 3 is 3.00 bits per heavy atom. The first-order valence-corrected chi connectivity index (χ1v) is 4.70. The predicted molar refractivity (Wildman–Crippen MR) is 54.3 cm³/mol. The van der Waals surface area contributed by atoms with Gasteiger partial charge in [0.25, 0.3) is 0 Å². The molecule has 0 aromatic carbocycles. The molecule has 1 rings (SSSR count). The van der Waals surface area contributed by atoms with E-state index < -0.39 is 0 Å². The van der Waals surface area contributed by atoms with Crippen LogP contribution in [0, 0.1) is 11.8 Å². The highest BCUT2D eigenvalue weighted by molar-refractivity contribution is 9.09. The molecule has 0 saturated heterocycles. The molecule has 4 heteroatoms. The normalized spacial score (nSPS) is 8.83. The standard InChI is InChI=1S/C8H6BrClN2/c9-4-1-2-6-7(11)3-5-12-8(6)10/h3,5H,4H2,(H2,11,12). The summed E-state index contributed by atoms with van der Waals surface area (Å²) in [6, 6.07) is 1.67. The van der Waals surface area contributed by atoms with Crippen LogP contribution in [0.3, 0.4) is 0 Å². The van der Waals surface area contributed by atoms with E-state index in [9.17, 15) is 0 Å². The third-order valence-electron chi connectivity index (χ3n) is 1.22. The van der Waals surface area contributed by atoms with Crippen LogP contribution in [0.2, 0.25) is 5.15 Å². The summed E-state index contributed by atoms with van der Waals surface area (Å²) < 4.78 is 0. The molecule has 2 nitrogen and oxygen atoms in total. The lowest BCUT2D eigenvalue weighted by Gasteiger charge is -1.97. The second-order valence-corrected chi connectivity index (χ2v) is 2.92. The second kappa shape index (κ2) is 4.34. The van der Waals surface area contributed by atoms with E-state index in [0.29, 0.717) is 21.7 Å². The molecule has 0 aliphatic carbocycles. The van der Waals surface area contributed by atoms with Crippen LogP contribution in [-0.4, -0.2) is 10.3 Å². The van der Waals surface area contributed by atoms with Crippen LogP contribution in [0.25, 0.3) is 0 Å². The Morgan fingerprint density at radius 2 is 2.42 bits per heavy atom. The van der Waals surface area contributed by atoms with E-state index in [1.165, 1.54) is 0 Å². The minimum absolute atomic E-state index is 0.350. The molecule has 0 aliphatic rings. The fraction of sp³-hybridized carbons (Fsp3) is 0.125. The zero-order chi connectivity index (χ0) is 8.97. The first-order chi connectivity index (χ1) is 5.75. The van der Waals surface area contributed by atoms with Crippen LogP contribution in [0.5, 0.6) is 0 Å². The third-order valence-corrected chi connectivity index (χ3v) is 1.78. The molecule has 2 N–H and O–H groups in total. The lowest BCUT2D eigenvalue weighted by atomic mass is 10.2. The summed E-state index contributed by atoms with van der Waals surface area (Å²) >= 11 is 8.93. The summed E-state index contributed by atoms with van der Waals surface area (Å²) in [5.74, 6) is 5.62. The van der Waals surface area contributed by atoms with Crippen LogP contribution in [0.1, 0.15) is 5.56 Å². The van der Waals surface area contributed by atoms with Gasteiger partial charge in [0.05, 0.1) is 16.6 Å². The van der Waals surface area contributed by atoms with E-state index in [0.717, 1.165) is 0 Å². The van der Waals surface area contributed by atoms with Gasteiger partial charge in [-0.3, -0.25) is 0 Å². The summed E-state index contributed by atoms with van der Waals surface area (Å²) in [4.78, 5) is 3.86. The number of aromatic nitrogens is 1. The number of nitrogen functional groups attached to an aromatic ring is 1. The average molecular weight is 246 g/mol. The van der Waals surface area contributed by atoms with E-state index >= 15 is 0 Å². The summed E-state index contributed by atoms with van der Waals surface area (Å²) in [5, 5.41) is 0.945. The van der Waals surface area contributed by atoms with Crippen molar-refractivity contribution in [1.29, 1.82) is 0 Å². The number of hydrogen-bond acceptors (Lipinski definition) is 2. The van der Waals surface area contributed by atoms with Crippen molar-refractivity contribution in [3.63, 3.8) is 0 Å². The lowest BCUT2D eigenvalue weighted by molar-refractivity contribution is 1.32. The van der Waals surface area contributed by atoms with Crippen molar-refractivity contribution in [2.75, 3.05) is 11.1 Å². The Balaban J connectivity index is 3.13. The van der Waals surface area contributed by atoms with Crippen LogP contribution in [-0.2, 0) is 0 Å². The monoisotopic (exact) mass is 244 g/mol. The van der Waals surface area contributed by atoms with Crippen molar-refractivity contribution in [2.45, 2.75) is 0 Å². The number of nitrogens with zero attached hydrogens (tertiary/aromatic N) is 1. The number of alkyl halides is 1. The fourth-order valence-corrected chi connectivity index (χ4v) is 1.05. The van der Waals surface area contributed by atoms with Gasteiger partial charge in [0.15, 0.2) is 0 Å². The van der Waals surface area contributed by atoms with Gasteiger partial charge in [-0.05, 0) is 6.07 Å². The van der Waals surface area contributed by atoms with Gasteiger partial charge in [-0.15, -0.1) is 0 Å². The molecule has 1 heterocycles. The van der Waals surface area contributed by atoms with Crippen molar-refractivity contribution < 1.29 is 0 Å². The summed E-state index contributed by atoms with van der Waals surface area (Å²) in [7, 11) is 0. The fourth-order valence-electron chi connectivity index (χ4n) is 0.696. The van der Waals surface area contributed by atoms with E-state index in [2.05, 4.69) is 32.8 Å². The Kier molecular flexibility index (Phi) is 3.39. The maximum atomic E-state index is 5.76. The minimum atomic E-state index is 0.350. The first kappa shape index (κ1) is 9.37. The number of hydrogen-bond donors (Lipinski definition) is 1. The molecular formula is C8H6BrClN2. The van der Waals surface area contributed by atoms with Crippen LogP contribution >= 0.6 is 27.5 Å². The zero-order valence-electron chi connectivity index (χ0n) is 6.14. The second-order valence-electron chi connectivity index (χ2n) is 2.00. The molecule has 0 atom stereocenters. The Morgan fingerprint density at radius 1 is 1.67 bits per heavy atom. The average Bonchev–Trinajstić information content (AvgIpc) is 2.04. The summed E-state index contributed by atoms with van der Waals surface area (Å²) in [6.45, 7) is 0. The molecule has 0 unspecified atom stereocenters. The zero-order valence-corrected chi connectivity index (χ0v) is 8.48. The topological polar surface area (TPSA) is 38.9 Å². The summed E-state index contributed by atoms with van der Waals surface area (Å²) in [6.07, 6.45) is 1.55. The molecule has 0 bridgehead atoms. The van der Waals surface area contributed by atoms with Gasteiger partial charge in [0.2, 0.25) is 0 Å². The quantitative estimate of drug-likeness (QED) is 0.432. The highest BCUT2D eigenvalue weighted by Crippen LogP contribution is 2.17. The summed E-state index contributed by atoms with van der Waals surface area (Å²) in [5.41, 5.74) is 6.77. The Labute approximate surface area is 84.3 Å². The van der Waals surface area contributed by atoms with Gasteiger partial charge in [-0.2, -0.15) is 0 Å². The van der Waals surface area contributed by atoms with Gasteiger partial charge in [0.1, 0.15) is 5.15 Å². The Bertz CT molecular complexity index is 320. The maximum absolute atomic E-state index is 5.76. The number of rotatable bonds is 0. The number of anilines is 1. The lowest BCUT2D eigenvalue weighted by Crippen LogP contribution is -1.92. The van der Waals surface area contributed by atoms with E-state index in [4.69, 9.17) is 17.3 Å². The van der Waals surface area contributed by atoms with Gasteiger partial charge in [-0.1, -0.05) is 39.4 Å². The van der Waals surface area contributed by atoms with E-state index in [1.807, 2.05) is 0 Å². The molecule has 0 aliphatic heterocycles. The molecular weight excluding hydrogens is 239 g/mol. The van der Waals surface area contributed by atoms with Gasteiger partial charge < -0.3 is 5.73 Å². The highest BCUT2D eigenvalue weighted by atomic mass is 79.9. The smallest absolute Gasteiger partial charge is 0.146 e. The molecule has 12 heavy (non-hydrogen) atoms. The Hall–Kier alpha value is -0.720. The van der Waals surface area contributed by atoms with Crippen LogP contribution in [0.15, 0.2) is 12.3 Å². The molecule has 0 spiro atoms. The molecule has 0 amide bonds. The first-order valence-electron chi connectivity index (χ1n) is 3.20. The van der Waals surface area contributed by atoms with E-state index in [1.54, 1.807) is 12.3 Å². The third kappa shape index (κ3) is 2.13. The predicted octanol–water partition coefficient (Wildman–Crippen LogP) is 2.06. The van der Waals surface area contributed by atoms with Gasteiger partial charge >= 0.3 is 0 Å². The highest BCUT2D eigenvalue weighted by Gasteiger charge is 2.00. The van der Waals surface area contributed by atoms with Gasteiger partial charge in [-0.25, -0.2) is 4.98 Å². The van der Waals surface area contributed by atoms with Crippen molar-refractivity contribution >= 4 is 33.2 Å². The molecule has 62 valence electrons. The van der Waals surface area contributed by atoms with Crippen LogP contribution in [0.4, 0.5) is 5.69 Å². The van der Waals surface area contributed by atoms with Crippen LogP contribution < -0.4 is 5.73 Å². The number of pyridine rings is 1. The van der Waals surface area contributed by atoms with Gasteiger partial charge in [0, 0.05) is 6.20 Å². The molecule has 1 aromatic heterocycles. The molecule has 0 saturated carbocycles. The SMILES string of the molecule is Nc1ccnc(Cl)c1C#CCBr. The number of halogens is 2. The van der Waals surface area contributed by atoms with Crippen molar-refractivity contribution in [1.82, 2.24) is 4.98 Å². The minimum Gasteiger partial charge on any atom is -0.398 e. The molecule has 0 radical (unpaired) electrons. The maximum Gasteiger partial charge on any atom is 0.146 e. The van der Waals surface area contributed by atoms with Crippen molar-refractivity contribution in [3.05, 3.63) is 23.0 Å². The van der Waals surface area contributed by atoms with E-state index in [-0.39, 0.29) is 0 Å². The largest absolute Gasteiger partial charge is 0.398 e. The number of nitrogens with two attached hydrogens (primary N) is 1. The molecule has 1 aromatic rings. The van der Waals surface area contributed by atoms with Crippen molar-refractivity contribution in [3.8, 4) is 11.8 Å².